The molecule has 2 rings (SSSR count). The maximum Gasteiger partial charge on any atom is 0.316 e. The summed E-state index contributed by atoms with van der Waals surface area (Å²) in [5.41, 5.74) is 0.919. The molecule has 0 aliphatic carbocycles. The number of nitrogens with one attached hydrogen (secondary N) is 1. The van der Waals surface area contributed by atoms with Crippen molar-refractivity contribution in [3.8, 4) is 0 Å². The van der Waals surface area contributed by atoms with E-state index in [1.165, 1.54) is 11.8 Å². The molecular formula is C16H21ClN4O2S. The maximum atomic E-state index is 11.7. The predicted molar refractivity (Wildman–Crippen MR) is 96.4 cm³/mol. The molecule has 0 atom stereocenters. The summed E-state index contributed by atoms with van der Waals surface area (Å²) in [6.45, 7) is 6.93. The molecule has 0 unspecified atom stereocenters. The minimum Gasteiger partial charge on any atom is -0.462 e. The number of benzene rings is 1. The van der Waals surface area contributed by atoms with Gasteiger partial charge in [0.05, 0.1) is 18.4 Å². The van der Waals surface area contributed by atoms with E-state index in [1.807, 2.05) is 49.6 Å². The van der Waals surface area contributed by atoms with Gasteiger partial charge in [0.25, 0.3) is 0 Å². The molecule has 0 saturated carbocycles. The van der Waals surface area contributed by atoms with Crippen molar-refractivity contribution < 1.29 is 9.53 Å². The van der Waals surface area contributed by atoms with Crippen LogP contribution in [0, 0.1) is 0 Å². The second-order valence-electron chi connectivity index (χ2n) is 5.33. The molecule has 1 N–H and O–H groups in total. The van der Waals surface area contributed by atoms with Crippen LogP contribution in [0.2, 0.25) is 5.02 Å². The lowest BCUT2D eigenvalue weighted by Gasteiger charge is -2.10. The molecule has 0 aliphatic heterocycles. The molecule has 0 spiro atoms. The Bertz CT molecular complexity index is 690. The van der Waals surface area contributed by atoms with Crippen LogP contribution in [0.25, 0.3) is 0 Å². The number of thioether (sulfide) groups is 1. The van der Waals surface area contributed by atoms with Crippen molar-refractivity contribution in [3.05, 3.63) is 35.1 Å². The van der Waals surface area contributed by atoms with Crippen molar-refractivity contribution in [2.45, 2.75) is 45.1 Å². The topological polar surface area (TPSA) is 69.0 Å². The Balaban J connectivity index is 1.97. The Kier molecular flexibility index (Phi) is 6.93. The summed E-state index contributed by atoms with van der Waals surface area (Å²) in [4.78, 5) is 11.7. The first kappa shape index (κ1) is 18.6. The van der Waals surface area contributed by atoms with E-state index in [0.717, 1.165) is 18.1 Å². The molecule has 0 bridgehead atoms. The number of carbonyl (C=O) groups excluding carboxylic acids is 1. The van der Waals surface area contributed by atoms with E-state index in [1.54, 1.807) is 0 Å². The molecule has 0 saturated heterocycles. The number of hydrogen-bond acceptors (Lipinski definition) is 6. The molecule has 6 nitrogen and oxygen atoms in total. The predicted octanol–water partition coefficient (Wildman–Crippen LogP) is 3.61. The van der Waals surface area contributed by atoms with Gasteiger partial charge in [-0.25, -0.2) is 0 Å². The summed E-state index contributed by atoms with van der Waals surface area (Å²) in [5.74, 6) is 0.773. The van der Waals surface area contributed by atoms with Gasteiger partial charge in [-0.3, -0.25) is 4.79 Å². The Hall–Kier alpha value is -1.73. The second kappa shape index (κ2) is 8.94. The van der Waals surface area contributed by atoms with E-state index in [9.17, 15) is 4.79 Å². The Morgan fingerprint density at radius 3 is 2.88 bits per heavy atom. The molecule has 24 heavy (non-hydrogen) atoms. The highest BCUT2D eigenvalue weighted by molar-refractivity contribution is 7.99. The number of carbonyl (C=O) groups is 1. The van der Waals surface area contributed by atoms with Crippen LogP contribution in [0.3, 0.4) is 0 Å². The molecule has 0 radical (unpaired) electrons. The summed E-state index contributed by atoms with van der Waals surface area (Å²) in [5, 5.41) is 13.0. The zero-order valence-electron chi connectivity index (χ0n) is 14.0. The van der Waals surface area contributed by atoms with Crippen LogP contribution in [0.15, 0.2) is 29.4 Å². The number of nitrogens with zero attached hydrogens (tertiary/aromatic N) is 3. The Labute approximate surface area is 150 Å². The van der Waals surface area contributed by atoms with Crippen LogP contribution in [0.4, 0.5) is 5.69 Å². The van der Waals surface area contributed by atoms with E-state index >= 15 is 0 Å². The average Bonchev–Trinajstić information content (AvgIpc) is 2.92. The molecule has 8 heteroatoms. The average molecular weight is 369 g/mol. The molecule has 1 heterocycles. The Morgan fingerprint density at radius 2 is 2.21 bits per heavy atom. The minimum atomic E-state index is -0.251. The SMILES string of the molecule is CCn1c(CNc2cccc(Cl)c2)nnc1SCC(=O)OC(C)C. The van der Waals surface area contributed by atoms with Gasteiger partial charge in [-0.05, 0) is 39.0 Å². The van der Waals surface area contributed by atoms with Gasteiger partial charge >= 0.3 is 5.97 Å². The lowest BCUT2D eigenvalue weighted by Crippen LogP contribution is -2.14. The Morgan fingerprint density at radius 1 is 1.42 bits per heavy atom. The van der Waals surface area contributed by atoms with Crippen LogP contribution in [0.5, 0.6) is 0 Å². The van der Waals surface area contributed by atoms with Gasteiger partial charge in [0.1, 0.15) is 0 Å². The van der Waals surface area contributed by atoms with E-state index in [-0.39, 0.29) is 17.8 Å². The maximum absolute atomic E-state index is 11.7. The summed E-state index contributed by atoms with van der Waals surface area (Å²) >= 11 is 7.31. The third-order valence-corrected chi connectivity index (χ3v) is 4.25. The van der Waals surface area contributed by atoms with E-state index < -0.39 is 0 Å². The summed E-state index contributed by atoms with van der Waals surface area (Å²) < 4.78 is 7.10. The summed E-state index contributed by atoms with van der Waals surface area (Å²) in [6.07, 6.45) is -0.111. The van der Waals surface area contributed by atoms with Gasteiger partial charge in [0.15, 0.2) is 11.0 Å². The van der Waals surface area contributed by atoms with Crippen molar-refractivity contribution in [2.75, 3.05) is 11.1 Å². The third-order valence-electron chi connectivity index (χ3n) is 3.07. The zero-order chi connectivity index (χ0) is 17.5. The molecule has 2 aromatic rings. The van der Waals surface area contributed by atoms with Crippen LogP contribution in [-0.2, 0) is 22.6 Å². The van der Waals surface area contributed by atoms with Gasteiger partial charge in [-0.15, -0.1) is 10.2 Å². The van der Waals surface area contributed by atoms with Crippen LogP contribution in [-0.4, -0.2) is 32.6 Å². The molecule has 130 valence electrons. The number of esters is 1. The van der Waals surface area contributed by atoms with Crippen molar-refractivity contribution in [1.29, 1.82) is 0 Å². The monoisotopic (exact) mass is 368 g/mol. The van der Waals surface area contributed by atoms with Crippen molar-refractivity contribution in [3.63, 3.8) is 0 Å². The van der Waals surface area contributed by atoms with E-state index in [2.05, 4.69) is 15.5 Å². The minimum absolute atomic E-state index is 0.111. The highest BCUT2D eigenvalue weighted by Gasteiger charge is 2.14. The fourth-order valence-corrected chi connectivity index (χ4v) is 3.07. The number of anilines is 1. The lowest BCUT2D eigenvalue weighted by molar-refractivity contribution is -0.144. The fourth-order valence-electron chi connectivity index (χ4n) is 2.07. The lowest BCUT2D eigenvalue weighted by atomic mass is 10.3. The fraction of sp³-hybridized carbons (Fsp3) is 0.438. The smallest absolute Gasteiger partial charge is 0.316 e. The van der Waals surface area contributed by atoms with Gasteiger partial charge in [0, 0.05) is 17.3 Å². The quantitative estimate of drug-likeness (QED) is 0.567. The largest absolute Gasteiger partial charge is 0.462 e. The normalized spacial score (nSPS) is 10.9. The van der Waals surface area contributed by atoms with Crippen LogP contribution in [0.1, 0.15) is 26.6 Å². The number of aromatic nitrogens is 3. The molecular weight excluding hydrogens is 348 g/mol. The van der Waals surface area contributed by atoms with Crippen molar-refractivity contribution >= 4 is 35.0 Å². The number of halogens is 1. The van der Waals surface area contributed by atoms with Gasteiger partial charge in [-0.2, -0.15) is 0 Å². The standard InChI is InChI=1S/C16H21ClN4O2S/c1-4-21-14(9-18-13-7-5-6-12(17)8-13)19-20-16(21)24-10-15(22)23-11(2)3/h5-8,11,18H,4,9-10H2,1-3H3. The zero-order valence-corrected chi connectivity index (χ0v) is 15.5. The summed E-state index contributed by atoms with van der Waals surface area (Å²) in [6, 6.07) is 7.50. The third kappa shape index (κ3) is 5.42. The molecule has 0 amide bonds. The number of rotatable bonds is 8. The van der Waals surface area contributed by atoms with Gasteiger partial charge < -0.3 is 14.6 Å². The number of hydrogen-bond donors (Lipinski definition) is 1. The number of ether oxygens (including phenoxy) is 1. The van der Waals surface area contributed by atoms with Crippen LogP contribution < -0.4 is 5.32 Å². The first-order chi connectivity index (χ1) is 11.5. The summed E-state index contributed by atoms with van der Waals surface area (Å²) in [7, 11) is 0. The van der Waals surface area contributed by atoms with E-state index in [4.69, 9.17) is 16.3 Å². The van der Waals surface area contributed by atoms with E-state index in [0.29, 0.717) is 16.7 Å². The molecule has 0 aliphatic rings. The second-order valence-corrected chi connectivity index (χ2v) is 6.71. The first-order valence-corrected chi connectivity index (χ1v) is 9.09. The van der Waals surface area contributed by atoms with Crippen molar-refractivity contribution in [2.24, 2.45) is 0 Å². The highest BCUT2D eigenvalue weighted by Crippen LogP contribution is 2.19. The first-order valence-electron chi connectivity index (χ1n) is 7.73. The van der Waals surface area contributed by atoms with Gasteiger partial charge in [-0.1, -0.05) is 29.4 Å². The van der Waals surface area contributed by atoms with Crippen LogP contribution >= 0.6 is 23.4 Å². The molecule has 0 fully saturated rings. The molecule has 1 aromatic heterocycles. The highest BCUT2D eigenvalue weighted by atomic mass is 35.5. The van der Waals surface area contributed by atoms with Crippen molar-refractivity contribution in [1.82, 2.24) is 14.8 Å². The molecule has 1 aromatic carbocycles. The van der Waals surface area contributed by atoms with Gasteiger partial charge in [0.2, 0.25) is 0 Å².